The Kier molecular flexibility index (Phi) is 4.64. The van der Waals surface area contributed by atoms with E-state index in [1.807, 2.05) is 57.2 Å². The van der Waals surface area contributed by atoms with Gasteiger partial charge in [0.05, 0.1) is 6.54 Å². The van der Waals surface area contributed by atoms with Crippen LogP contribution < -0.4 is 4.90 Å². The fourth-order valence-electron chi connectivity index (χ4n) is 3.18. The van der Waals surface area contributed by atoms with Crippen LogP contribution in [0, 0.1) is 20.8 Å². The maximum atomic E-state index is 12.8. The zero-order valence-corrected chi connectivity index (χ0v) is 15.4. The summed E-state index contributed by atoms with van der Waals surface area (Å²) in [4.78, 5) is 40.6. The second-order valence-electron chi connectivity index (χ2n) is 6.83. The minimum Gasteiger partial charge on any atom is -0.292 e. The number of ketones is 1. The maximum absolute atomic E-state index is 12.8. The Bertz CT molecular complexity index is 887. The number of anilines is 1. The number of aryl methyl sites for hydroxylation is 3. The van der Waals surface area contributed by atoms with Gasteiger partial charge in [0.2, 0.25) is 0 Å². The van der Waals surface area contributed by atoms with Crippen molar-refractivity contribution in [3.8, 4) is 0 Å². The highest BCUT2D eigenvalue weighted by Gasteiger charge is 2.44. The number of carbonyl (C=O) groups excluding carboxylic acids is 3. The number of urea groups is 1. The lowest BCUT2D eigenvalue weighted by Gasteiger charge is -2.19. The van der Waals surface area contributed by atoms with Crippen molar-refractivity contribution in [2.45, 2.75) is 33.7 Å². The lowest BCUT2D eigenvalue weighted by atomic mass is 10.0. The van der Waals surface area contributed by atoms with E-state index in [9.17, 15) is 14.4 Å². The molecule has 0 radical (unpaired) electrons. The number of hydrogen-bond donors (Lipinski definition) is 0. The SMILES string of the molecule is Cc1ccc(N2C(=O)N(CC(=O)c3cc(C)ccc3C)C(=O)[C@@H]2C)cc1. The number of hydrogen-bond acceptors (Lipinski definition) is 3. The van der Waals surface area contributed by atoms with Crippen molar-refractivity contribution in [3.63, 3.8) is 0 Å². The number of benzene rings is 2. The third-order valence-corrected chi connectivity index (χ3v) is 4.76. The Morgan fingerprint density at radius 3 is 2.23 bits per heavy atom. The largest absolute Gasteiger partial charge is 0.332 e. The Morgan fingerprint density at radius 2 is 1.58 bits per heavy atom. The van der Waals surface area contributed by atoms with Crippen molar-refractivity contribution in [3.05, 3.63) is 64.7 Å². The summed E-state index contributed by atoms with van der Waals surface area (Å²) >= 11 is 0. The minimum atomic E-state index is -0.628. The number of amides is 3. The molecule has 3 amide bonds. The fraction of sp³-hybridized carbons (Fsp3) is 0.286. The first kappa shape index (κ1) is 17.9. The van der Waals surface area contributed by atoms with E-state index in [1.54, 1.807) is 13.0 Å². The molecule has 2 aromatic carbocycles. The number of Topliss-reactive ketones (excluding diaryl/α,β-unsaturated/α-hetero) is 1. The van der Waals surface area contributed by atoms with Crippen molar-refractivity contribution in [1.29, 1.82) is 0 Å². The fourth-order valence-corrected chi connectivity index (χ4v) is 3.18. The summed E-state index contributed by atoms with van der Waals surface area (Å²) in [7, 11) is 0. The molecule has 5 nitrogen and oxygen atoms in total. The Hall–Kier alpha value is -2.95. The van der Waals surface area contributed by atoms with Gasteiger partial charge in [-0.25, -0.2) is 4.79 Å². The molecule has 0 spiro atoms. The first-order chi connectivity index (χ1) is 12.3. The molecule has 0 bridgehead atoms. The van der Waals surface area contributed by atoms with Gasteiger partial charge in [-0.05, 0) is 51.5 Å². The van der Waals surface area contributed by atoms with Crippen LogP contribution in [0.2, 0.25) is 0 Å². The molecule has 0 aromatic heterocycles. The molecular formula is C21H22N2O3. The standard InChI is InChI=1S/C21H22N2O3/c1-13-6-9-17(10-7-13)23-16(4)20(25)22(21(23)26)12-19(24)18-11-14(2)5-8-15(18)3/h5-11,16H,12H2,1-4H3/t16-/m0/s1. The second kappa shape index (κ2) is 6.75. The number of imide groups is 1. The third-order valence-electron chi connectivity index (χ3n) is 4.76. The molecule has 1 saturated heterocycles. The van der Waals surface area contributed by atoms with Gasteiger partial charge in [0.25, 0.3) is 5.91 Å². The second-order valence-corrected chi connectivity index (χ2v) is 6.83. The molecule has 3 rings (SSSR count). The zero-order chi connectivity index (χ0) is 19.0. The quantitative estimate of drug-likeness (QED) is 0.625. The van der Waals surface area contributed by atoms with E-state index in [-0.39, 0.29) is 18.2 Å². The Labute approximate surface area is 153 Å². The first-order valence-corrected chi connectivity index (χ1v) is 8.61. The van der Waals surface area contributed by atoms with Gasteiger partial charge < -0.3 is 0 Å². The third kappa shape index (κ3) is 3.12. The van der Waals surface area contributed by atoms with Gasteiger partial charge in [0, 0.05) is 11.3 Å². The van der Waals surface area contributed by atoms with Gasteiger partial charge in [-0.2, -0.15) is 0 Å². The van der Waals surface area contributed by atoms with Gasteiger partial charge in [-0.1, -0.05) is 35.4 Å². The van der Waals surface area contributed by atoms with E-state index in [0.717, 1.165) is 21.6 Å². The molecule has 1 atom stereocenters. The summed E-state index contributed by atoms with van der Waals surface area (Å²) in [5.74, 6) is -0.583. The van der Waals surface area contributed by atoms with E-state index in [2.05, 4.69) is 0 Å². The van der Waals surface area contributed by atoms with Crippen LogP contribution >= 0.6 is 0 Å². The predicted molar refractivity (Wildman–Crippen MR) is 100 cm³/mol. The topological polar surface area (TPSA) is 57.7 Å². The first-order valence-electron chi connectivity index (χ1n) is 8.61. The molecule has 0 aliphatic carbocycles. The summed E-state index contributed by atoms with van der Waals surface area (Å²) < 4.78 is 0. The summed E-state index contributed by atoms with van der Waals surface area (Å²) in [6.45, 7) is 7.15. The molecule has 134 valence electrons. The minimum absolute atomic E-state index is 0.231. The number of nitrogens with zero attached hydrogens (tertiary/aromatic N) is 2. The highest BCUT2D eigenvalue weighted by atomic mass is 16.2. The molecule has 0 unspecified atom stereocenters. The summed E-state index contributed by atoms with van der Waals surface area (Å²) in [5, 5.41) is 0. The lowest BCUT2D eigenvalue weighted by molar-refractivity contribution is -0.126. The Balaban J connectivity index is 1.85. The van der Waals surface area contributed by atoms with Crippen LogP contribution in [-0.4, -0.2) is 35.2 Å². The smallest absolute Gasteiger partial charge is 0.292 e. The molecule has 2 aromatic rings. The molecule has 1 fully saturated rings. The molecule has 1 heterocycles. The Morgan fingerprint density at radius 1 is 0.962 bits per heavy atom. The van der Waals surface area contributed by atoms with Crippen LogP contribution in [-0.2, 0) is 4.79 Å². The van der Waals surface area contributed by atoms with Gasteiger partial charge in [0.1, 0.15) is 6.04 Å². The predicted octanol–water partition coefficient (Wildman–Crippen LogP) is 3.65. The van der Waals surface area contributed by atoms with Gasteiger partial charge in [-0.3, -0.25) is 19.4 Å². The summed E-state index contributed by atoms with van der Waals surface area (Å²) in [6, 6.07) is 11.9. The molecule has 26 heavy (non-hydrogen) atoms. The van der Waals surface area contributed by atoms with Gasteiger partial charge in [0.15, 0.2) is 5.78 Å². The highest BCUT2D eigenvalue weighted by molar-refractivity contribution is 6.16. The maximum Gasteiger partial charge on any atom is 0.332 e. The van der Waals surface area contributed by atoms with E-state index >= 15 is 0 Å². The monoisotopic (exact) mass is 350 g/mol. The van der Waals surface area contributed by atoms with Crippen molar-refractivity contribution in [2.24, 2.45) is 0 Å². The average molecular weight is 350 g/mol. The van der Waals surface area contributed by atoms with Crippen molar-refractivity contribution in [2.75, 3.05) is 11.4 Å². The van der Waals surface area contributed by atoms with Crippen LogP contribution in [0.1, 0.15) is 34.0 Å². The molecule has 0 saturated carbocycles. The molecular weight excluding hydrogens is 328 g/mol. The van der Waals surface area contributed by atoms with Gasteiger partial charge >= 0.3 is 6.03 Å². The molecule has 0 N–H and O–H groups in total. The van der Waals surface area contributed by atoms with E-state index in [4.69, 9.17) is 0 Å². The van der Waals surface area contributed by atoms with Crippen LogP contribution in [0.4, 0.5) is 10.5 Å². The highest BCUT2D eigenvalue weighted by Crippen LogP contribution is 2.26. The van der Waals surface area contributed by atoms with Crippen LogP contribution in [0.15, 0.2) is 42.5 Å². The van der Waals surface area contributed by atoms with Crippen molar-refractivity contribution in [1.82, 2.24) is 4.90 Å². The van der Waals surface area contributed by atoms with E-state index in [0.29, 0.717) is 11.3 Å². The normalized spacial score (nSPS) is 17.2. The van der Waals surface area contributed by atoms with Crippen molar-refractivity contribution >= 4 is 23.4 Å². The molecule has 1 aliphatic rings. The zero-order valence-electron chi connectivity index (χ0n) is 15.4. The van der Waals surface area contributed by atoms with Crippen LogP contribution in [0.3, 0.4) is 0 Å². The van der Waals surface area contributed by atoms with E-state index < -0.39 is 12.1 Å². The van der Waals surface area contributed by atoms with Crippen LogP contribution in [0.5, 0.6) is 0 Å². The number of rotatable bonds is 4. The lowest BCUT2D eigenvalue weighted by Crippen LogP contribution is -2.37. The van der Waals surface area contributed by atoms with Gasteiger partial charge in [-0.15, -0.1) is 0 Å². The number of carbonyl (C=O) groups is 3. The average Bonchev–Trinajstić information content (AvgIpc) is 2.81. The summed E-state index contributed by atoms with van der Waals surface area (Å²) in [6.07, 6.45) is 0. The van der Waals surface area contributed by atoms with Crippen molar-refractivity contribution < 1.29 is 14.4 Å². The summed E-state index contributed by atoms with van der Waals surface area (Å²) in [5.41, 5.74) is 4.08. The molecule has 5 heteroatoms. The molecule has 1 aliphatic heterocycles. The van der Waals surface area contributed by atoms with Crippen LogP contribution in [0.25, 0.3) is 0 Å². The van der Waals surface area contributed by atoms with E-state index in [1.165, 1.54) is 4.90 Å².